The quantitative estimate of drug-likeness (QED) is 0.542. The van der Waals surface area contributed by atoms with Crippen LogP contribution < -0.4 is 16.5 Å². The number of hydrogen-bond acceptors (Lipinski definition) is 4. The van der Waals surface area contributed by atoms with E-state index in [4.69, 9.17) is 16.0 Å². The predicted molar refractivity (Wildman–Crippen MR) is 89.8 cm³/mol. The van der Waals surface area contributed by atoms with E-state index in [1.165, 1.54) is 18.4 Å². The summed E-state index contributed by atoms with van der Waals surface area (Å²) in [5, 5.41) is 2.96. The number of nitrogens with zero attached hydrogens (tertiary/aromatic N) is 1. The molecule has 0 unspecified atom stereocenters. The molecule has 24 heavy (non-hydrogen) atoms. The summed E-state index contributed by atoms with van der Waals surface area (Å²) >= 11 is 5.91. The SMILES string of the molecule is O=c1[nH]n(Cc2ccco2)c(=O)c2c(=O)c3ccc(Cl)cc3[nH]c12. The third-order valence-corrected chi connectivity index (χ3v) is 4.01. The van der Waals surface area contributed by atoms with Crippen LogP contribution in [0.2, 0.25) is 5.02 Å². The van der Waals surface area contributed by atoms with Gasteiger partial charge in [0.05, 0.1) is 11.8 Å². The highest BCUT2D eigenvalue weighted by Gasteiger charge is 2.15. The molecule has 0 aliphatic carbocycles. The van der Waals surface area contributed by atoms with Gasteiger partial charge >= 0.3 is 0 Å². The first-order valence-electron chi connectivity index (χ1n) is 7.05. The number of rotatable bonds is 2. The second kappa shape index (κ2) is 5.24. The largest absolute Gasteiger partial charge is 0.467 e. The minimum Gasteiger partial charge on any atom is -0.467 e. The Labute approximate surface area is 138 Å². The maximum atomic E-state index is 12.7. The van der Waals surface area contributed by atoms with E-state index in [-0.39, 0.29) is 17.4 Å². The van der Waals surface area contributed by atoms with Crippen LogP contribution in [-0.2, 0) is 6.54 Å². The highest BCUT2D eigenvalue weighted by atomic mass is 35.5. The van der Waals surface area contributed by atoms with Crippen LogP contribution in [0.1, 0.15) is 5.76 Å². The van der Waals surface area contributed by atoms with Crippen molar-refractivity contribution in [2.45, 2.75) is 6.54 Å². The summed E-state index contributed by atoms with van der Waals surface area (Å²) in [6, 6.07) is 7.95. The molecule has 3 heterocycles. The lowest BCUT2D eigenvalue weighted by atomic mass is 10.1. The Kier molecular flexibility index (Phi) is 3.17. The molecule has 7 nitrogen and oxygen atoms in total. The Morgan fingerprint density at radius 2 is 2.00 bits per heavy atom. The van der Waals surface area contributed by atoms with Crippen LogP contribution in [0.3, 0.4) is 0 Å². The number of pyridine rings is 1. The molecule has 2 N–H and O–H groups in total. The highest BCUT2D eigenvalue weighted by molar-refractivity contribution is 6.31. The van der Waals surface area contributed by atoms with E-state index >= 15 is 0 Å². The van der Waals surface area contributed by atoms with Crippen molar-refractivity contribution in [1.29, 1.82) is 0 Å². The minimum atomic E-state index is -0.598. The fourth-order valence-electron chi connectivity index (χ4n) is 2.67. The van der Waals surface area contributed by atoms with Crippen molar-refractivity contribution in [1.82, 2.24) is 14.8 Å². The summed E-state index contributed by atoms with van der Waals surface area (Å²) < 4.78 is 6.23. The molecule has 8 heteroatoms. The Bertz CT molecular complexity index is 1250. The Balaban J connectivity index is 2.09. The number of halogens is 1. The average Bonchev–Trinajstić information content (AvgIpc) is 3.05. The average molecular weight is 344 g/mol. The van der Waals surface area contributed by atoms with Gasteiger partial charge in [0.1, 0.15) is 23.2 Å². The van der Waals surface area contributed by atoms with Gasteiger partial charge in [-0.25, -0.2) is 4.68 Å². The zero-order chi connectivity index (χ0) is 16.8. The monoisotopic (exact) mass is 343 g/mol. The minimum absolute atomic E-state index is 0.0229. The van der Waals surface area contributed by atoms with Gasteiger partial charge in [0.15, 0.2) is 0 Å². The molecule has 0 aliphatic rings. The molecule has 4 rings (SSSR count). The Morgan fingerprint density at radius 1 is 1.17 bits per heavy atom. The third kappa shape index (κ3) is 2.17. The van der Waals surface area contributed by atoms with Gasteiger partial charge < -0.3 is 9.40 Å². The van der Waals surface area contributed by atoms with Gasteiger partial charge in [0.25, 0.3) is 11.1 Å². The summed E-state index contributed by atoms with van der Waals surface area (Å²) in [6.45, 7) is 0.0229. The number of hydrogen-bond donors (Lipinski definition) is 2. The zero-order valence-corrected chi connectivity index (χ0v) is 12.9. The van der Waals surface area contributed by atoms with Crippen LogP contribution in [0.15, 0.2) is 55.4 Å². The van der Waals surface area contributed by atoms with E-state index in [0.717, 1.165) is 4.68 Å². The fourth-order valence-corrected chi connectivity index (χ4v) is 2.84. The summed E-state index contributed by atoms with van der Waals surface area (Å²) in [5.41, 5.74) is -1.36. The Morgan fingerprint density at radius 3 is 2.75 bits per heavy atom. The van der Waals surface area contributed by atoms with Gasteiger partial charge in [-0.15, -0.1) is 0 Å². The molecule has 0 radical (unpaired) electrons. The van der Waals surface area contributed by atoms with Crippen molar-refractivity contribution in [3.05, 3.63) is 78.3 Å². The molecular formula is C16H10ClN3O4. The molecular weight excluding hydrogens is 334 g/mol. The number of aromatic nitrogens is 3. The van der Waals surface area contributed by atoms with Crippen molar-refractivity contribution in [3.8, 4) is 0 Å². The maximum absolute atomic E-state index is 12.7. The van der Waals surface area contributed by atoms with E-state index in [2.05, 4.69) is 10.1 Å². The van der Waals surface area contributed by atoms with Gasteiger partial charge in [-0.2, -0.15) is 0 Å². The topological polar surface area (TPSA) is 101 Å². The fraction of sp³-hybridized carbons (Fsp3) is 0.0625. The molecule has 0 spiro atoms. The van der Waals surface area contributed by atoms with Gasteiger partial charge in [-0.1, -0.05) is 11.6 Å². The lowest BCUT2D eigenvalue weighted by Crippen LogP contribution is -2.33. The van der Waals surface area contributed by atoms with E-state index < -0.39 is 16.5 Å². The molecule has 0 fully saturated rings. The van der Waals surface area contributed by atoms with Gasteiger partial charge in [-0.3, -0.25) is 19.5 Å². The van der Waals surface area contributed by atoms with Gasteiger partial charge in [-0.05, 0) is 30.3 Å². The third-order valence-electron chi connectivity index (χ3n) is 3.78. The van der Waals surface area contributed by atoms with Crippen molar-refractivity contribution in [2.24, 2.45) is 0 Å². The van der Waals surface area contributed by atoms with Crippen LogP contribution in [0.4, 0.5) is 0 Å². The second-order valence-corrected chi connectivity index (χ2v) is 5.74. The smallest absolute Gasteiger partial charge is 0.287 e. The van der Waals surface area contributed by atoms with Crippen molar-refractivity contribution < 1.29 is 4.42 Å². The molecule has 0 atom stereocenters. The first-order valence-corrected chi connectivity index (χ1v) is 7.43. The molecule has 3 aromatic heterocycles. The van der Waals surface area contributed by atoms with E-state index in [1.807, 2.05) is 0 Å². The van der Waals surface area contributed by atoms with E-state index in [9.17, 15) is 14.4 Å². The molecule has 0 amide bonds. The molecule has 1 aromatic carbocycles. The summed E-state index contributed by atoms with van der Waals surface area (Å²) in [6.07, 6.45) is 1.46. The van der Waals surface area contributed by atoms with Gasteiger partial charge in [0.2, 0.25) is 5.43 Å². The normalized spacial score (nSPS) is 11.4. The standard InChI is InChI=1S/C16H10ClN3O4/c17-8-3-4-10-11(6-8)18-13-12(14(10)21)16(23)20(19-15(13)22)7-9-2-1-5-24-9/h1-6H,7H2,(H,18,21)(H,19,22). The van der Waals surface area contributed by atoms with E-state index in [0.29, 0.717) is 21.7 Å². The van der Waals surface area contributed by atoms with Crippen molar-refractivity contribution in [3.63, 3.8) is 0 Å². The molecule has 0 saturated carbocycles. The molecule has 120 valence electrons. The maximum Gasteiger partial charge on any atom is 0.287 e. The van der Waals surface area contributed by atoms with Crippen molar-refractivity contribution in [2.75, 3.05) is 0 Å². The number of furan rings is 1. The number of fused-ring (bicyclic) bond motifs is 2. The van der Waals surface area contributed by atoms with Crippen LogP contribution in [0.25, 0.3) is 21.8 Å². The van der Waals surface area contributed by atoms with Crippen LogP contribution in [0, 0.1) is 0 Å². The molecule has 0 aliphatic heterocycles. The first kappa shape index (κ1) is 14.5. The number of nitrogens with one attached hydrogen (secondary N) is 2. The van der Waals surface area contributed by atoms with Crippen LogP contribution in [-0.4, -0.2) is 14.8 Å². The summed E-state index contributed by atoms with van der Waals surface area (Å²) in [4.78, 5) is 40.5. The number of benzene rings is 1. The first-order chi connectivity index (χ1) is 11.5. The lowest BCUT2D eigenvalue weighted by molar-refractivity contribution is 0.471. The molecule has 4 aromatic rings. The van der Waals surface area contributed by atoms with Crippen LogP contribution >= 0.6 is 11.6 Å². The molecule has 0 saturated heterocycles. The summed E-state index contributed by atoms with van der Waals surface area (Å²) in [7, 11) is 0. The number of aromatic amines is 2. The number of H-pyrrole nitrogens is 2. The summed E-state index contributed by atoms with van der Waals surface area (Å²) in [5.74, 6) is 0.482. The second-order valence-electron chi connectivity index (χ2n) is 5.31. The predicted octanol–water partition coefficient (Wildman–Crippen LogP) is 1.83. The highest BCUT2D eigenvalue weighted by Crippen LogP contribution is 2.16. The van der Waals surface area contributed by atoms with E-state index in [1.54, 1.807) is 18.2 Å². The zero-order valence-electron chi connectivity index (χ0n) is 12.1. The molecule has 0 bridgehead atoms. The lowest BCUT2D eigenvalue weighted by Gasteiger charge is -2.07. The van der Waals surface area contributed by atoms with Gasteiger partial charge in [0, 0.05) is 10.4 Å². The van der Waals surface area contributed by atoms with Crippen molar-refractivity contribution >= 4 is 33.4 Å². The van der Waals surface area contributed by atoms with Crippen LogP contribution in [0.5, 0.6) is 0 Å². The Hall–Kier alpha value is -3.06.